The number of amides is 1. The minimum absolute atomic E-state index is 0.00677. The topological polar surface area (TPSA) is 98.5 Å². The van der Waals surface area contributed by atoms with Crippen molar-refractivity contribution < 1.29 is 22.3 Å². The summed E-state index contributed by atoms with van der Waals surface area (Å²) in [5.74, 6) is -0.756. The molecule has 0 atom stereocenters. The molecule has 3 rings (SSSR count). The van der Waals surface area contributed by atoms with E-state index in [9.17, 15) is 17.6 Å². The fourth-order valence-electron chi connectivity index (χ4n) is 3.07. The summed E-state index contributed by atoms with van der Waals surface area (Å²) in [6.07, 6.45) is 0.244. The second-order valence-electron chi connectivity index (χ2n) is 6.26. The van der Waals surface area contributed by atoms with E-state index in [1.165, 1.54) is 42.5 Å². The van der Waals surface area contributed by atoms with Gasteiger partial charge in [0.2, 0.25) is 5.91 Å². The molecule has 3 N–H and O–H groups in total. The van der Waals surface area contributed by atoms with Gasteiger partial charge in [-0.1, -0.05) is 11.6 Å². The molecule has 0 unspecified atom stereocenters. The fourth-order valence-corrected chi connectivity index (χ4v) is 5.19. The third-order valence-corrected chi connectivity index (χ3v) is 7.46. The maximum Gasteiger partial charge on any atom is 0.239 e. The van der Waals surface area contributed by atoms with Crippen LogP contribution >= 0.6 is 11.6 Å². The van der Waals surface area contributed by atoms with E-state index in [1.807, 2.05) is 0 Å². The normalized spacial score (nSPS) is 16.7. The number of nitrogens with two attached hydrogens (primary N) is 1. The van der Waals surface area contributed by atoms with Crippen molar-refractivity contribution in [2.45, 2.75) is 22.5 Å². The first-order valence-electron chi connectivity index (χ1n) is 8.24. The number of piperidine rings is 1. The van der Waals surface area contributed by atoms with E-state index in [4.69, 9.17) is 22.1 Å². The molecule has 1 fully saturated rings. The zero-order valence-electron chi connectivity index (χ0n) is 14.2. The van der Waals surface area contributed by atoms with Gasteiger partial charge in [0.1, 0.15) is 17.3 Å². The lowest BCUT2D eigenvalue weighted by Gasteiger charge is -2.34. The monoisotopic (exact) mass is 412 g/mol. The number of hydrogen-bond donors (Lipinski definition) is 2. The third kappa shape index (κ3) is 3.65. The first kappa shape index (κ1) is 19.6. The second kappa shape index (κ2) is 7.46. The van der Waals surface area contributed by atoms with E-state index in [-0.39, 0.29) is 22.8 Å². The average molecular weight is 413 g/mol. The molecule has 6 nitrogen and oxygen atoms in total. The minimum atomic E-state index is -3.97. The van der Waals surface area contributed by atoms with Crippen LogP contribution in [0.3, 0.4) is 0 Å². The molecule has 1 aliphatic rings. The summed E-state index contributed by atoms with van der Waals surface area (Å²) in [5.41, 5.74) is 5.47. The van der Waals surface area contributed by atoms with Crippen LogP contribution in [0.4, 0.5) is 4.39 Å². The Balaban J connectivity index is 1.87. The number of primary amides is 1. The van der Waals surface area contributed by atoms with Crippen LogP contribution in [0.15, 0.2) is 47.4 Å². The summed E-state index contributed by atoms with van der Waals surface area (Å²) in [7, 11) is -3.97. The summed E-state index contributed by atoms with van der Waals surface area (Å²) in [4.78, 5) is 12.0. The Hall–Kier alpha value is -2.16. The second-order valence-corrected chi connectivity index (χ2v) is 8.93. The van der Waals surface area contributed by atoms with E-state index in [2.05, 4.69) is 5.32 Å². The van der Waals surface area contributed by atoms with Crippen molar-refractivity contribution in [1.29, 1.82) is 0 Å². The lowest BCUT2D eigenvalue weighted by Crippen LogP contribution is -2.56. The average Bonchev–Trinajstić information content (AvgIpc) is 2.65. The van der Waals surface area contributed by atoms with E-state index in [0.717, 1.165) is 0 Å². The van der Waals surface area contributed by atoms with Crippen LogP contribution in [0.25, 0.3) is 0 Å². The number of hydrogen-bond acceptors (Lipinski definition) is 5. The Kier molecular flexibility index (Phi) is 5.41. The zero-order valence-corrected chi connectivity index (χ0v) is 15.8. The molecule has 1 saturated heterocycles. The Morgan fingerprint density at radius 1 is 1.11 bits per heavy atom. The molecule has 2 aromatic rings. The van der Waals surface area contributed by atoms with Crippen LogP contribution in [-0.2, 0) is 14.6 Å². The molecule has 0 aliphatic carbocycles. The lowest BCUT2D eigenvalue weighted by atomic mass is 9.96. The molecule has 0 aromatic heterocycles. The van der Waals surface area contributed by atoms with Gasteiger partial charge in [0.25, 0.3) is 0 Å². The summed E-state index contributed by atoms with van der Waals surface area (Å²) >= 11 is 5.71. The molecule has 0 bridgehead atoms. The van der Waals surface area contributed by atoms with Gasteiger partial charge in [0.05, 0.1) is 9.92 Å². The van der Waals surface area contributed by atoms with Crippen molar-refractivity contribution in [2.24, 2.45) is 5.73 Å². The Morgan fingerprint density at radius 2 is 1.70 bits per heavy atom. The first-order valence-corrected chi connectivity index (χ1v) is 10.1. The van der Waals surface area contributed by atoms with Gasteiger partial charge in [-0.2, -0.15) is 0 Å². The Morgan fingerprint density at radius 3 is 2.26 bits per heavy atom. The first-order chi connectivity index (χ1) is 12.8. The van der Waals surface area contributed by atoms with E-state index >= 15 is 0 Å². The number of benzene rings is 2. The molecule has 0 radical (unpaired) electrons. The van der Waals surface area contributed by atoms with Gasteiger partial charge < -0.3 is 15.8 Å². The van der Waals surface area contributed by atoms with Crippen LogP contribution in [-0.4, -0.2) is 32.2 Å². The van der Waals surface area contributed by atoms with Crippen LogP contribution < -0.4 is 15.8 Å². The molecule has 9 heteroatoms. The Labute approximate surface area is 161 Å². The SMILES string of the molecule is NC(=O)C1(S(=O)(=O)c2ccc(Oc3ccc(F)c(Cl)c3)cc2)CCNCC1. The fraction of sp³-hybridized carbons (Fsp3) is 0.278. The highest BCUT2D eigenvalue weighted by atomic mass is 35.5. The quantitative estimate of drug-likeness (QED) is 0.786. The van der Waals surface area contributed by atoms with Crippen LogP contribution in [0, 0.1) is 5.82 Å². The molecule has 2 aromatic carbocycles. The van der Waals surface area contributed by atoms with E-state index < -0.39 is 26.3 Å². The zero-order chi connectivity index (χ0) is 19.7. The van der Waals surface area contributed by atoms with Crippen LogP contribution in [0.5, 0.6) is 11.5 Å². The highest BCUT2D eigenvalue weighted by Gasteiger charge is 2.50. The molecular weight excluding hydrogens is 395 g/mol. The molecule has 1 heterocycles. The molecule has 0 saturated carbocycles. The van der Waals surface area contributed by atoms with Gasteiger partial charge in [-0.3, -0.25) is 4.79 Å². The van der Waals surface area contributed by atoms with Crippen molar-refractivity contribution in [3.63, 3.8) is 0 Å². The van der Waals surface area contributed by atoms with Crippen molar-refractivity contribution in [1.82, 2.24) is 5.32 Å². The van der Waals surface area contributed by atoms with Gasteiger partial charge in [0, 0.05) is 6.07 Å². The summed E-state index contributed by atoms with van der Waals surface area (Å²) in [6, 6.07) is 9.54. The van der Waals surface area contributed by atoms with E-state index in [1.54, 1.807) is 0 Å². The summed E-state index contributed by atoms with van der Waals surface area (Å²) in [5, 5.41) is 2.95. The standard InChI is InChI=1S/C18H18ClFN2O4S/c19-15-11-13(3-6-16(15)20)26-12-1-4-14(5-2-12)27(24,25)18(17(21)23)7-9-22-10-8-18/h1-6,11,22H,7-10H2,(H2,21,23). The lowest BCUT2D eigenvalue weighted by molar-refractivity contribution is -0.121. The number of carbonyl (C=O) groups is 1. The highest BCUT2D eigenvalue weighted by Crippen LogP contribution is 2.35. The maximum atomic E-state index is 13.2. The van der Waals surface area contributed by atoms with Crippen LogP contribution in [0.2, 0.25) is 5.02 Å². The van der Waals surface area contributed by atoms with E-state index in [0.29, 0.717) is 24.6 Å². The highest BCUT2D eigenvalue weighted by molar-refractivity contribution is 7.93. The van der Waals surface area contributed by atoms with Crippen molar-refractivity contribution >= 4 is 27.3 Å². The molecule has 27 heavy (non-hydrogen) atoms. The largest absolute Gasteiger partial charge is 0.457 e. The molecule has 144 valence electrons. The molecular formula is C18H18ClFN2O4S. The number of ether oxygens (including phenoxy) is 1. The van der Waals surface area contributed by atoms with Crippen LogP contribution in [0.1, 0.15) is 12.8 Å². The summed E-state index contributed by atoms with van der Waals surface area (Å²) in [6.45, 7) is 0.795. The minimum Gasteiger partial charge on any atom is -0.457 e. The number of sulfone groups is 1. The smallest absolute Gasteiger partial charge is 0.239 e. The van der Waals surface area contributed by atoms with Crippen molar-refractivity contribution in [2.75, 3.05) is 13.1 Å². The van der Waals surface area contributed by atoms with Gasteiger partial charge in [0.15, 0.2) is 14.6 Å². The number of carbonyl (C=O) groups excluding carboxylic acids is 1. The van der Waals surface area contributed by atoms with Gasteiger partial charge >= 0.3 is 0 Å². The third-order valence-electron chi connectivity index (χ3n) is 4.64. The van der Waals surface area contributed by atoms with Gasteiger partial charge in [-0.05, 0) is 62.3 Å². The van der Waals surface area contributed by atoms with Crippen molar-refractivity contribution in [3.05, 3.63) is 53.3 Å². The molecule has 0 spiro atoms. The number of nitrogens with one attached hydrogen (secondary N) is 1. The van der Waals surface area contributed by atoms with Gasteiger partial charge in [-0.15, -0.1) is 0 Å². The number of rotatable bonds is 5. The van der Waals surface area contributed by atoms with Gasteiger partial charge in [-0.25, -0.2) is 12.8 Å². The predicted octanol–water partition coefficient (Wildman–Crippen LogP) is 2.65. The predicted molar refractivity (Wildman–Crippen MR) is 99.1 cm³/mol. The number of halogens is 2. The molecule has 1 aliphatic heterocycles. The summed E-state index contributed by atoms with van der Waals surface area (Å²) < 4.78 is 43.3. The molecule has 1 amide bonds. The Bertz CT molecular complexity index is 958. The van der Waals surface area contributed by atoms with Crippen molar-refractivity contribution in [3.8, 4) is 11.5 Å². The maximum absolute atomic E-state index is 13.2.